The largest absolute Gasteiger partial charge is 0.404 e. The van der Waals surface area contributed by atoms with E-state index in [2.05, 4.69) is 15.3 Å². The lowest BCUT2D eigenvalue weighted by Crippen LogP contribution is -2.63. The smallest absolute Gasteiger partial charge is 0.396 e. The first kappa shape index (κ1) is 58.9. The van der Waals surface area contributed by atoms with E-state index in [-0.39, 0.29) is 16.7 Å². The molecule has 0 spiro atoms. The molecule has 384 valence electrons. The highest BCUT2D eigenvalue weighted by molar-refractivity contribution is 6.10. The molecule has 0 aliphatic heterocycles. The summed E-state index contributed by atoms with van der Waals surface area (Å²) in [5.41, 5.74) is 5.44. The van der Waals surface area contributed by atoms with Crippen LogP contribution in [0.5, 0.6) is 0 Å². The molecule has 0 radical (unpaired) electrons. The number of hydrogen-bond donors (Lipinski definition) is 7. The van der Waals surface area contributed by atoms with Gasteiger partial charge in [-0.1, -0.05) is 38.1 Å². The monoisotopic (exact) mass is 1000 g/mol. The number of aliphatic imine (C=N–C) groups is 2. The number of alkyl halides is 10. The maximum absolute atomic E-state index is 15.9. The van der Waals surface area contributed by atoms with Gasteiger partial charge in [-0.2, -0.15) is 43.9 Å². The molecule has 9 N–H and O–H groups in total. The summed E-state index contributed by atoms with van der Waals surface area (Å²) in [5, 5.41) is 18.5. The van der Waals surface area contributed by atoms with E-state index in [9.17, 15) is 68.2 Å². The number of hydrazine groups is 1. The van der Waals surface area contributed by atoms with E-state index in [0.29, 0.717) is 57.3 Å². The molecule has 0 bridgehead atoms. The number of hydrogen-bond acceptors (Lipinski definition) is 10. The molecule has 2 rings (SSSR count). The third kappa shape index (κ3) is 16.5. The lowest BCUT2D eigenvalue weighted by molar-refractivity contribution is -0.222. The summed E-state index contributed by atoms with van der Waals surface area (Å²) in [6, 6.07) is -0.273. The van der Waals surface area contributed by atoms with Crippen molar-refractivity contribution >= 4 is 47.2 Å². The molecule has 0 unspecified atom stereocenters. The molecule has 0 aliphatic rings. The number of amides is 4. The zero-order valence-electron chi connectivity index (χ0n) is 37.9. The fraction of sp³-hybridized carbons (Fsp3) is 0.488. The maximum atomic E-state index is 15.9. The Hall–Kier alpha value is -6.18. The van der Waals surface area contributed by atoms with Crippen LogP contribution in [0.1, 0.15) is 76.6 Å². The molecule has 0 fully saturated rings. The molecule has 2 aromatic carbocycles. The number of carbonyl (C=O) groups is 4. The fourth-order valence-corrected chi connectivity index (χ4v) is 6.17. The Bertz CT molecular complexity index is 2190. The number of nitrogens with two attached hydrogens (primary N) is 2. The zero-order valence-corrected chi connectivity index (χ0v) is 37.9. The summed E-state index contributed by atoms with van der Waals surface area (Å²) < 4.78 is 169. The number of aliphatic hydroxyl groups excluding tert-OH is 1. The molecule has 0 heterocycles. The van der Waals surface area contributed by atoms with Gasteiger partial charge in [-0.05, 0) is 62.9 Å². The third-order valence-corrected chi connectivity index (χ3v) is 10.7. The quantitative estimate of drug-likeness (QED) is 0.0301. The van der Waals surface area contributed by atoms with Gasteiger partial charge in [-0.15, -0.1) is 0 Å². The fourth-order valence-electron chi connectivity index (χ4n) is 6.17. The van der Waals surface area contributed by atoms with Crippen molar-refractivity contribution in [3.05, 3.63) is 82.7 Å². The van der Waals surface area contributed by atoms with Gasteiger partial charge >= 0.3 is 25.5 Å². The minimum atomic E-state index is -5.20. The third-order valence-electron chi connectivity index (χ3n) is 10.7. The molecule has 4 amide bonds. The van der Waals surface area contributed by atoms with Gasteiger partial charge in [0.05, 0.1) is 23.0 Å². The summed E-state index contributed by atoms with van der Waals surface area (Å²) >= 11 is 0. The molecule has 0 aliphatic carbocycles. The van der Waals surface area contributed by atoms with Gasteiger partial charge in [-0.3, -0.25) is 24.6 Å². The number of allylic oxidation sites excluding steroid dienone is 2. The van der Waals surface area contributed by atoms with Crippen LogP contribution in [0, 0.1) is 22.5 Å². The van der Waals surface area contributed by atoms with Crippen LogP contribution in [-0.2, 0) is 32.1 Å². The lowest BCUT2D eigenvalue weighted by atomic mass is 9.82. The second-order valence-electron chi connectivity index (χ2n) is 16.4. The highest BCUT2D eigenvalue weighted by Crippen LogP contribution is 2.42. The summed E-state index contributed by atoms with van der Waals surface area (Å²) in [6.07, 6.45) is -11.1. The molecule has 0 aromatic heterocycles. The van der Waals surface area contributed by atoms with Crippen LogP contribution in [0.4, 0.5) is 52.7 Å². The molecule has 0 saturated carbocycles. The van der Waals surface area contributed by atoms with Crippen LogP contribution in [0.15, 0.2) is 58.8 Å². The SMILES string of the molecule is CCC(=O)N[C@H](C(=O)N[C@@H](Cc1ccc(C(C=NC(F)F)=CN)cc1)[C@@H](O)CN(Cc1c(F)cc(C(C=NC(F)F)=CN)cc1F)NC(=O)[C@@H](NC(=O)CC)C(C)(C)C(F)(F)F)C(C)(C)C(F)(F)F. The van der Waals surface area contributed by atoms with E-state index in [1.807, 2.05) is 16.1 Å². The Morgan fingerprint density at radius 2 is 1.12 bits per heavy atom. The second-order valence-corrected chi connectivity index (χ2v) is 16.4. The van der Waals surface area contributed by atoms with Gasteiger partial charge in [0, 0.05) is 67.5 Å². The van der Waals surface area contributed by atoms with Crippen molar-refractivity contribution in [2.75, 3.05) is 6.54 Å². The van der Waals surface area contributed by atoms with E-state index in [1.54, 1.807) is 0 Å². The Kier molecular flexibility index (Phi) is 21.3. The number of rotatable bonds is 23. The van der Waals surface area contributed by atoms with Gasteiger partial charge in [0.1, 0.15) is 23.7 Å². The Morgan fingerprint density at radius 1 is 0.696 bits per heavy atom. The van der Waals surface area contributed by atoms with Crippen molar-refractivity contribution in [3.63, 3.8) is 0 Å². The molecule has 0 saturated heterocycles. The molecule has 69 heavy (non-hydrogen) atoms. The van der Waals surface area contributed by atoms with Crippen molar-refractivity contribution in [1.29, 1.82) is 0 Å². The van der Waals surface area contributed by atoms with Gasteiger partial charge in [0.2, 0.25) is 17.7 Å². The van der Waals surface area contributed by atoms with Crippen molar-refractivity contribution in [2.24, 2.45) is 32.3 Å². The average Bonchev–Trinajstić information content (AvgIpc) is 3.24. The number of halogens is 12. The second kappa shape index (κ2) is 24.9. The van der Waals surface area contributed by atoms with Gasteiger partial charge in [0.25, 0.3) is 5.91 Å². The summed E-state index contributed by atoms with van der Waals surface area (Å²) in [7, 11) is 0. The number of nitrogens with zero attached hydrogens (tertiary/aromatic N) is 3. The predicted molar refractivity (Wildman–Crippen MR) is 230 cm³/mol. The Labute approximate surface area is 388 Å². The number of nitrogens with one attached hydrogen (secondary N) is 4. The Morgan fingerprint density at radius 3 is 1.51 bits per heavy atom. The number of aliphatic hydroxyl groups is 1. The summed E-state index contributed by atoms with van der Waals surface area (Å²) in [6.45, 7) is -3.88. The van der Waals surface area contributed by atoms with Crippen molar-refractivity contribution < 1.29 is 77.0 Å². The van der Waals surface area contributed by atoms with Gasteiger partial charge < -0.3 is 32.5 Å². The number of carbonyl (C=O) groups excluding carboxylic acids is 4. The molecular formula is C43H53F12N9O5. The van der Waals surface area contributed by atoms with E-state index in [1.165, 1.54) is 38.1 Å². The average molecular weight is 1000 g/mol. The minimum absolute atomic E-state index is 0.00629. The zero-order chi connectivity index (χ0) is 52.8. The highest BCUT2D eigenvalue weighted by atomic mass is 19.4. The predicted octanol–water partition coefficient (Wildman–Crippen LogP) is 6.04. The van der Waals surface area contributed by atoms with Crippen LogP contribution in [0.2, 0.25) is 0 Å². The van der Waals surface area contributed by atoms with Crippen LogP contribution < -0.4 is 32.8 Å². The summed E-state index contributed by atoms with van der Waals surface area (Å²) in [5.74, 6) is -8.22. The van der Waals surface area contributed by atoms with Crippen LogP contribution in [0.3, 0.4) is 0 Å². The normalized spacial score (nSPS) is 15.2. The molecule has 26 heteroatoms. The molecule has 14 nitrogen and oxygen atoms in total. The first-order valence-corrected chi connectivity index (χ1v) is 20.6. The van der Waals surface area contributed by atoms with E-state index in [0.717, 1.165) is 12.4 Å². The first-order chi connectivity index (χ1) is 31.8. The van der Waals surface area contributed by atoms with Crippen molar-refractivity contribution in [1.82, 2.24) is 26.4 Å². The Balaban J connectivity index is 2.88. The van der Waals surface area contributed by atoms with Gasteiger partial charge in [-0.25, -0.2) is 23.8 Å². The van der Waals surface area contributed by atoms with E-state index < -0.39 is 145 Å². The number of benzene rings is 2. The maximum Gasteiger partial charge on any atom is 0.396 e. The van der Waals surface area contributed by atoms with Crippen molar-refractivity contribution in [3.8, 4) is 0 Å². The van der Waals surface area contributed by atoms with E-state index in [4.69, 9.17) is 11.5 Å². The van der Waals surface area contributed by atoms with Crippen LogP contribution in [0.25, 0.3) is 11.1 Å². The van der Waals surface area contributed by atoms with E-state index >= 15 is 8.78 Å². The standard InChI is InChI=1S/C43H53F12N9O5/c1-7-32(66)61-34(40(3,4)42(50,51)52)36(68)60-30(13-22-9-11-23(12-10-22)25(16-56)18-58-38(46)47)31(65)21-64(63-37(69)35(62-33(67)8-2)41(5,6)43(53,54)55)20-27-28(44)14-24(15-29(27)45)26(17-57)19-59-39(48)49/h9-12,14-19,30-31,34-35,38-39,65H,7-8,13,20-21,56-57H2,1-6H3,(H,60,68)(H,61,66)(H,62,67)(H,63,69)/t30-,31-,34+,35+/m0/s1. The minimum Gasteiger partial charge on any atom is -0.404 e. The summed E-state index contributed by atoms with van der Waals surface area (Å²) in [4.78, 5) is 58.5. The van der Waals surface area contributed by atoms with Gasteiger partial charge in [0.15, 0.2) is 0 Å². The van der Waals surface area contributed by atoms with Crippen LogP contribution in [-0.4, -0.2) is 102 Å². The first-order valence-electron chi connectivity index (χ1n) is 20.6. The van der Waals surface area contributed by atoms with Crippen molar-refractivity contribution in [2.45, 2.75) is 117 Å². The molecule has 2 aromatic rings. The molecular weight excluding hydrogens is 951 g/mol. The topological polar surface area (TPSA) is 217 Å². The lowest BCUT2D eigenvalue weighted by Gasteiger charge is -2.38. The highest BCUT2D eigenvalue weighted by Gasteiger charge is 2.57. The van der Waals surface area contributed by atoms with Crippen LogP contribution >= 0.6 is 0 Å². The molecule has 4 atom stereocenters.